The molecule has 2 rings (SSSR count). The predicted molar refractivity (Wildman–Crippen MR) is 76.7 cm³/mol. The molecule has 0 saturated carbocycles. The average Bonchev–Trinajstić information content (AvgIpc) is 2.39. The Balaban J connectivity index is 2.20. The minimum atomic E-state index is 0.148. The molecule has 1 unspecified atom stereocenters. The molecule has 2 aromatic rings. The van der Waals surface area contributed by atoms with Crippen LogP contribution in [0.25, 0.3) is 0 Å². The Bertz CT molecular complexity index is 548. The molecule has 0 spiro atoms. The smallest absolute Gasteiger partial charge is 0.0637 e. The molecule has 0 saturated heterocycles. The van der Waals surface area contributed by atoms with Crippen molar-refractivity contribution in [3.05, 3.63) is 65.2 Å². The van der Waals surface area contributed by atoms with Crippen LogP contribution in [-0.2, 0) is 0 Å². The second kappa shape index (κ2) is 6.49. The van der Waals surface area contributed by atoms with Gasteiger partial charge in [0.15, 0.2) is 0 Å². The second-order valence-corrected chi connectivity index (χ2v) is 5.55. The van der Waals surface area contributed by atoms with Gasteiger partial charge in [-0.2, -0.15) is 5.26 Å². The van der Waals surface area contributed by atoms with E-state index >= 15 is 0 Å². The van der Waals surface area contributed by atoms with Crippen molar-refractivity contribution in [2.75, 3.05) is 0 Å². The SMILES string of the molecule is N#CCC(Sc1cccc(Cl)c1)c1ccccc1. The van der Waals surface area contributed by atoms with Crippen LogP contribution in [0.5, 0.6) is 0 Å². The lowest BCUT2D eigenvalue weighted by atomic mass is 10.1. The Morgan fingerprint density at radius 1 is 1.11 bits per heavy atom. The first kappa shape index (κ1) is 13.0. The van der Waals surface area contributed by atoms with E-state index in [4.69, 9.17) is 16.9 Å². The van der Waals surface area contributed by atoms with Crippen LogP contribution in [-0.4, -0.2) is 0 Å². The fourth-order valence-electron chi connectivity index (χ4n) is 1.68. The topological polar surface area (TPSA) is 23.8 Å². The van der Waals surface area contributed by atoms with E-state index < -0.39 is 0 Å². The van der Waals surface area contributed by atoms with Crippen molar-refractivity contribution in [3.63, 3.8) is 0 Å². The molecule has 0 radical (unpaired) electrons. The highest BCUT2D eigenvalue weighted by Gasteiger charge is 2.12. The average molecular weight is 274 g/mol. The van der Waals surface area contributed by atoms with E-state index in [2.05, 4.69) is 18.2 Å². The number of benzene rings is 2. The summed E-state index contributed by atoms with van der Waals surface area (Å²) >= 11 is 7.65. The van der Waals surface area contributed by atoms with Gasteiger partial charge in [0.2, 0.25) is 0 Å². The molecule has 0 aliphatic carbocycles. The van der Waals surface area contributed by atoms with Crippen molar-refractivity contribution in [2.45, 2.75) is 16.6 Å². The number of hydrogen-bond donors (Lipinski definition) is 0. The molecule has 3 heteroatoms. The van der Waals surface area contributed by atoms with Gasteiger partial charge in [-0.1, -0.05) is 48.0 Å². The zero-order valence-electron chi connectivity index (χ0n) is 9.71. The summed E-state index contributed by atoms with van der Waals surface area (Å²) in [5, 5.41) is 9.81. The number of rotatable bonds is 4. The second-order valence-electron chi connectivity index (χ2n) is 3.84. The van der Waals surface area contributed by atoms with E-state index in [1.54, 1.807) is 11.8 Å². The Kier molecular flexibility index (Phi) is 4.69. The first-order valence-corrected chi connectivity index (χ1v) is 6.89. The van der Waals surface area contributed by atoms with Crippen LogP contribution in [0.1, 0.15) is 17.2 Å². The summed E-state index contributed by atoms with van der Waals surface area (Å²) in [4.78, 5) is 1.09. The van der Waals surface area contributed by atoms with E-state index in [1.165, 1.54) is 5.56 Å². The summed E-state index contributed by atoms with van der Waals surface area (Å²) in [6, 6.07) is 20.1. The highest BCUT2D eigenvalue weighted by Crippen LogP contribution is 2.38. The molecular weight excluding hydrogens is 262 g/mol. The molecule has 0 bridgehead atoms. The third kappa shape index (κ3) is 3.53. The highest BCUT2D eigenvalue weighted by molar-refractivity contribution is 7.99. The third-order valence-corrected chi connectivity index (χ3v) is 4.01. The minimum absolute atomic E-state index is 0.148. The van der Waals surface area contributed by atoms with Crippen LogP contribution < -0.4 is 0 Å². The molecule has 18 heavy (non-hydrogen) atoms. The van der Waals surface area contributed by atoms with Crippen LogP contribution in [0.4, 0.5) is 0 Å². The van der Waals surface area contributed by atoms with Gasteiger partial charge in [0.05, 0.1) is 12.5 Å². The van der Waals surface area contributed by atoms with Gasteiger partial charge < -0.3 is 0 Å². The monoisotopic (exact) mass is 273 g/mol. The Hall–Kier alpha value is -1.43. The zero-order chi connectivity index (χ0) is 12.8. The van der Waals surface area contributed by atoms with E-state index in [0.717, 1.165) is 9.92 Å². The van der Waals surface area contributed by atoms with Crippen LogP contribution in [0.3, 0.4) is 0 Å². The molecule has 0 amide bonds. The van der Waals surface area contributed by atoms with Gasteiger partial charge in [0.1, 0.15) is 0 Å². The maximum atomic E-state index is 8.94. The van der Waals surface area contributed by atoms with Gasteiger partial charge in [-0.05, 0) is 23.8 Å². The summed E-state index contributed by atoms with van der Waals surface area (Å²) < 4.78 is 0. The maximum absolute atomic E-state index is 8.94. The van der Waals surface area contributed by atoms with Crippen molar-refractivity contribution >= 4 is 23.4 Å². The van der Waals surface area contributed by atoms with Crippen molar-refractivity contribution < 1.29 is 0 Å². The van der Waals surface area contributed by atoms with Gasteiger partial charge in [0.25, 0.3) is 0 Å². The molecular formula is C15H12ClNS. The largest absolute Gasteiger partial charge is 0.198 e. The standard InChI is InChI=1S/C15H12ClNS/c16-13-7-4-8-14(11-13)18-15(9-10-17)12-5-2-1-3-6-12/h1-8,11,15H,9H2. The van der Waals surface area contributed by atoms with Crippen molar-refractivity contribution in [3.8, 4) is 6.07 Å². The number of nitriles is 1. The number of halogens is 1. The Labute approximate surface area is 116 Å². The third-order valence-electron chi connectivity index (χ3n) is 2.52. The molecule has 90 valence electrons. The number of hydrogen-bond acceptors (Lipinski definition) is 2. The first-order chi connectivity index (χ1) is 8.79. The van der Waals surface area contributed by atoms with Gasteiger partial charge in [-0.25, -0.2) is 0 Å². The van der Waals surface area contributed by atoms with Crippen molar-refractivity contribution in [1.82, 2.24) is 0 Å². The van der Waals surface area contributed by atoms with E-state index in [1.807, 2.05) is 42.5 Å². The van der Waals surface area contributed by atoms with E-state index in [9.17, 15) is 0 Å². The molecule has 0 N–H and O–H groups in total. The fourth-order valence-corrected chi connectivity index (χ4v) is 3.07. The summed E-state index contributed by atoms with van der Waals surface area (Å²) in [5.74, 6) is 0. The lowest BCUT2D eigenvalue weighted by Crippen LogP contribution is -1.92. The Morgan fingerprint density at radius 2 is 1.89 bits per heavy atom. The van der Waals surface area contributed by atoms with Crippen molar-refractivity contribution in [1.29, 1.82) is 5.26 Å². The molecule has 0 heterocycles. The molecule has 0 aromatic heterocycles. The van der Waals surface area contributed by atoms with Gasteiger partial charge in [0, 0.05) is 15.2 Å². The van der Waals surface area contributed by atoms with Crippen molar-refractivity contribution in [2.24, 2.45) is 0 Å². The number of nitrogens with zero attached hydrogens (tertiary/aromatic N) is 1. The molecule has 0 fully saturated rings. The molecule has 0 aliphatic heterocycles. The predicted octanol–water partition coefficient (Wildman–Crippen LogP) is 5.09. The quantitative estimate of drug-likeness (QED) is 0.725. The molecule has 2 aromatic carbocycles. The van der Waals surface area contributed by atoms with Crippen LogP contribution >= 0.6 is 23.4 Å². The maximum Gasteiger partial charge on any atom is 0.0637 e. The van der Waals surface area contributed by atoms with Crippen LogP contribution in [0, 0.1) is 11.3 Å². The van der Waals surface area contributed by atoms with E-state index in [-0.39, 0.29) is 5.25 Å². The lowest BCUT2D eigenvalue weighted by Gasteiger charge is -2.13. The fraction of sp³-hybridized carbons (Fsp3) is 0.133. The minimum Gasteiger partial charge on any atom is -0.198 e. The van der Waals surface area contributed by atoms with Gasteiger partial charge in [-0.3, -0.25) is 0 Å². The molecule has 1 nitrogen and oxygen atoms in total. The normalized spacial score (nSPS) is 11.8. The van der Waals surface area contributed by atoms with Gasteiger partial charge in [-0.15, -0.1) is 11.8 Å². The summed E-state index contributed by atoms with van der Waals surface area (Å²) in [7, 11) is 0. The van der Waals surface area contributed by atoms with E-state index in [0.29, 0.717) is 6.42 Å². The van der Waals surface area contributed by atoms with Gasteiger partial charge >= 0.3 is 0 Å². The number of thioether (sulfide) groups is 1. The zero-order valence-corrected chi connectivity index (χ0v) is 11.3. The first-order valence-electron chi connectivity index (χ1n) is 5.63. The molecule has 0 aliphatic rings. The lowest BCUT2D eigenvalue weighted by molar-refractivity contribution is 0.978. The Morgan fingerprint density at radius 3 is 2.56 bits per heavy atom. The van der Waals surface area contributed by atoms with Crippen LogP contribution in [0.2, 0.25) is 5.02 Å². The molecule has 1 atom stereocenters. The summed E-state index contributed by atoms with van der Waals surface area (Å²) in [6.45, 7) is 0. The summed E-state index contributed by atoms with van der Waals surface area (Å²) in [5.41, 5.74) is 1.17. The van der Waals surface area contributed by atoms with Crippen LogP contribution in [0.15, 0.2) is 59.5 Å². The summed E-state index contributed by atoms with van der Waals surface area (Å²) in [6.07, 6.45) is 0.487. The highest BCUT2D eigenvalue weighted by atomic mass is 35.5.